The maximum absolute atomic E-state index is 12.3. The molecule has 2 aliphatic heterocycles. The highest BCUT2D eigenvalue weighted by Crippen LogP contribution is 2.28. The number of rotatable bonds is 3. The Morgan fingerprint density at radius 2 is 2.05 bits per heavy atom. The quantitative estimate of drug-likeness (QED) is 0.811. The van der Waals surface area contributed by atoms with E-state index in [0.29, 0.717) is 4.90 Å². The molecule has 0 bridgehead atoms. The fourth-order valence-corrected chi connectivity index (χ4v) is 3.56. The first-order valence-electron chi connectivity index (χ1n) is 6.14. The first-order chi connectivity index (χ1) is 9.69. The summed E-state index contributed by atoms with van der Waals surface area (Å²) in [5.41, 5.74) is 0. The summed E-state index contributed by atoms with van der Waals surface area (Å²) in [6.45, 7) is -1.70. The summed E-state index contributed by atoms with van der Waals surface area (Å²) < 4.78 is 36.9. The van der Waals surface area contributed by atoms with E-state index in [9.17, 15) is 27.6 Å². The highest BCUT2D eigenvalue weighted by atomic mass is 32.2. The molecule has 2 rings (SSSR count). The van der Waals surface area contributed by atoms with Crippen molar-refractivity contribution in [2.45, 2.75) is 18.6 Å². The van der Waals surface area contributed by atoms with Crippen LogP contribution < -0.4 is 0 Å². The zero-order valence-electron chi connectivity index (χ0n) is 10.8. The van der Waals surface area contributed by atoms with Crippen molar-refractivity contribution in [1.82, 2.24) is 9.80 Å². The van der Waals surface area contributed by atoms with Gasteiger partial charge in [0, 0.05) is 18.7 Å². The Bertz CT molecular complexity index is 471. The maximum atomic E-state index is 12.3. The van der Waals surface area contributed by atoms with Crippen LogP contribution in [0.2, 0.25) is 0 Å². The Balaban J connectivity index is 2.01. The Hall–Kier alpha value is -1.45. The number of amides is 2. The molecular weight excluding hydrogens is 313 g/mol. The standard InChI is InChI=1S/C11H13F3N2O4S/c12-11(13,14)4-15-2-6(1-8(15)17)9(18)16-5-21-3-7(16)10(19)20/h6-7H,1-5H2,(H,19,20). The Morgan fingerprint density at radius 1 is 1.38 bits per heavy atom. The molecule has 21 heavy (non-hydrogen) atoms. The van der Waals surface area contributed by atoms with E-state index in [4.69, 9.17) is 5.11 Å². The molecule has 2 amide bonds. The molecule has 0 saturated carbocycles. The van der Waals surface area contributed by atoms with Gasteiger partial charge in [-0.25, -0.2) is 4.79 Å². The van der Waals surface area contributed by atoms with Gasteiger partial charge in [-0.05, 0) is 0 Å². The number of aliphatic carboxylic acids is 1. The summed E-state index contributed by atoms with van der Waals surface area (Å²) in [5, 5.41) is 9.00. The molecule has 2 atom stereocenters. The third-order valence-corrected chi connectivity index (χ3v) is 4.40. The number of likely N-dealkylation sites (tertiary alicyclic amines) is 1. The minimum atomic E-state index is -4.51. The van der Waals surface area contributed by atoms with E-state index in [-0.39, 0.29) is 24.6 Å². The van der Waals surface area contributed by atoms with Crippen LogP contribution in [0.5, 0.6) is 0 Å². The van der Waals surface area contributed by atoms with Crippen LogP contribution >= 0.6 is 11.8 Å². The second-order valence-corrected chi connectivity index (χ2v) is 5.95. The lowest BCUT2D eigenvalue weighted by atomic mass is 10.1. The highest BCUT2D eigenvalue weighted by molar-refractivity contribution is 7.99. The minimum absolute atomic E-state index is 0.180. The predicted octanol–water partition coefficient (Wildman–Crippen LogP) is 0.383. The molecule has 2 fully saturated rings. The first kappa shape index (κ1) is 15.9. The summed E-state index contributed by atoms with van der Waals surface area (Å²) in [6.07, 6.45) is -4.82. The van der Waals surface area contributed by atoms with E-state index in [0.717, 1.165) is 4.90 Å². The van der Waals surface area contributed by atoms with Gasteiger partial charge in [-0.3, -0.25) is 9.59 Å². The topological polar surface area (TPSA) is 77.9 Å². The van der Waals surface area contributed by atoms with Crippen LogP contribution in [0.1, 0.15) is 6.42 Å². The van der Waals surface area contributed by atoms with Crippen molar-refractivity contribution in [3.05, 3.63) is 0 Å². The summed E-state index contributed by atoms with van der Waals surface area (Å²) in [5.74, 6) is -2.92. The lowest BCUT2D eigenvalue weighted by Crippen LogP contribution is -2.45. The van der Waals surface area contributed by atoms with Crippen molar-refractivity contribution in [2.75, 3.05) is 24.7 Å². The van der Waals surface area contributed by atoms with Crippen LogP contribution in [-0.4, -0.2) is 69.6 Å². The smallest absolute Gasteiger partial charge is 0.406 e. The second kappa shape index (κ2) is 5.74. The zero-order valence-corrected chi connectivity index (χ0v) is 11.6. The van der Waals surface area contributed by atoms with Gasteiger partial charge in [0.05, 0.1) is 11.8 Å². The molecule has 0 aromatic rings. The van der Waals surface area contributed by atoms with Crippen LogP contribution in [0.25, 0.3) is 0 Å². The molecule has 0 radical (unpaired) electrons. The lowest BCUT2D eigenvalue weighted by molar-refractivity contribution is -0.157. The summed E-state index contributed by atoms with van der Waals surface area (Å²) in [4.78, 5) is 36.5. The molecular formula is C11H13F3N2O4S. The van der Waals surface area contributed by atoms with Crippen molar-refractivity contribution in [3.8, 4) is 0 Å². The van der Waals surface area contributed by atoms with E-state index in [1.54, 1.807) is 0 Å². The molecule has 2 aliphatic rings. The third kappa shape index (κ3) is 3.60. The second-order valence-electron chi connectivity index (χ2n) is 4.95. The van der Waals surface area contributed by atoms with Crippen molar-refractivity contribution < 1.29 is 32.7 Å². The average Bonchev–Trinajstić information content (AvgIpc) is 2.94. The van der Waals surface area contributed by atoms with Gasteiger partial charge in [-0.2, -0.15) is 13.2 Å². The summed E-state index contributed by atoms with van der Waals surface area (Å²) in [6, 6.07) is -0.978. The van der Waals surface area contributed by atoms with Crippen LogP contribution in [0, 0.1) is 5.92 Å². The number of carbonyl (C=O) groups excluding carboxylic acids is 2. The molecule has 6 nitrogen and oxygen atoms in total. The number of carbonyl (C=O) groups is 3. The molecule has 10 heteroatoms. The van der Waals surface area contributed by atoms with Crippen LogP contribution in [0.4, 0.5) is 13.2 Å². The van der Waals surface area contributed by atoms with Gasteiger partial charge >= 0.3 is 12.1 Å². The van der Waals surface area contributed by atoms with E-state index in [2.05, 4.69) is 0 Å². The number of nitrogens with zero attached hydrogens (tertiary/aromatic N) is 2. The number of halogens is 3. The number of thioether (sulfide) groups is 1. The van der Waals surface area contributed by atoms with Crippen molar-refractivity contribution in [1.29, 1.82) is 0 Å². The van der Waals surface area contributed by atoms with Crippen molar-refractivity contribution >= 4 is 29.5 Å². The Labute approximate surface area is 122 Å². The minimum Gasteiger partial charge on any atom is -0.480 e. The normalized spacial score (nSPS) is 26.5. The van der Waals surface area contributed by atoms with Crippen LogP contribution in [0.15, 0.2) is 0 Å². The average molecular weight is 326 g/mol. The van der Waals surface area contributed by atoms with E-state index in [1.807, 2.05) is 0 Å². The van der Waals surface area contributed by atoms with Gasteiger partial charge in [0.25, 0.3) is 0 Å². The zero-order chi connectivity index (χ0) is 15.8. The Morgan fingerprint density at radius 3 is 2.62 bits per heavy atom. The molecule has 118 valence electrons. The van der Waals surface area contributed by atoms with Gasteiger partial charge in [-0.1, -0.05) is 0 Å². The highest BCUT2D eigenvalue weighted by Gasteiger charge is 2.44. The van der Waals surface area contributed by atoms with Gasteiger partial charge in [0.2, 0.25) is 11.8 Å². The first-order valence-corrected chi connectivity index (χ1v) is 7.30. The largest absolute Gasteiger partial charge is 0.480 e. The fourth-order valence-electron chi connectivity index (χ4n) is 2.41. The number of hydrogen-bond acceptors (Lipinski definition) is 4. The Kier molecular flexibility index (Phi) is 4.35. The number of carboxylic acid groups (broad SMARTS) is 1. The molecule has 0 aliphatic carbocycles. The SMILES string of the molecule is O=C(O)C1CSCN1C(=O)C1CC(=O)N(CC(F)(F)F)C1. The summed E-state index contributed by atoms with van der Waals surface area (Å²) in [7, 11) is 0. The molecule has 0 spiro atoms. The molecule has 0 aromatic carbocycles. The predicted molar refractivity (Wildman–Crippen MR) is 66.3 cm³/mol. The molecule has 2 heterocycles. The monoisotopic (exact) mass is 326 g/mol. The van der Waals surface area contributed by atoms with Crippen molar-refractivity contribution in [2.24, 2.45) is 5.92 Å². The molecule has 0 aromatic heterocycles. The van der Waals surface area contributed by atoms with E-state index in [1.165, 1.54) is 11.8 Å². The summed E-state index contributed by atoms with van der Waals surface area (Å²) >= 11 is 1.26. The van der Waals surface area contributed by atoms with Crippen LogP contribution in [-0.2, 0) is 14.4 Å². The van der Waals surface area contributed by atoms with Gasteiger partial charge in [0.1, 0.15) is 12.6 Å². The lowest BCUT2D eigenvalue weighted by Gasteiger charge is -2.24. The van der Waals surface area contributed by atoms with Gasteiger partial charge < -0.3 is 14.9 Å². The van der Waals surface area contributed by atoms with E-state index >= 15 is 0 Å². The maximum Gasteiger partial charge on any atom is 0.406 e. The van der Waals surface area contributed by atoms with Crippen molar-refractivity contribution in [3.63, 3.8) is 0 Å². The number of alkyl halides is 3. The molecule has 2 unspecified atom stereocenters. The van der Waals surface area contributed by atoms with Gasteiger partial charge in [0.15, 0.2) is 0 Å². The fraction of sp³-hybridized carbons (Fsp3) is 0.727. The number of hydrogen-bond donors (Lipinski definition) is 1. The third-order valence-electron chi connectivity index (χ3n) is 3.38. The van der Waals surface area contributed by atoms with E-state index < -0.39 is 42.5 Å². The van der Waals surface area contributed by atoms with Gasteiger partial charge in [-0.15, -0.1) is 11.8 Å². The molecule has 1 N–H and O–H groups in total. The van der Waals surface area contributed by atoms with Crippen LogP contribution in [0.3, 0.4) is 0 Å². The molecule has 2 saturated heterocycles. The number of carboxylic acids is 1.